The lowest BCUT2D eigenvalue weighted by atomic mass is 9.93. The van der Waals surface area contributed by atoms with E-state index < -0.39 is 0 Å². The van der Waals surface area contributed by atoms with Gasteiger partial charge in [0.25, 0.3) is 0 Å². The first-order valence-corrected chi connectivity index (χ1v) is 5.63. The molecule has 0 radical (unpaired) electrons. The summed E-state index contributed by atoms with van der Waals surface area (Å²) in [7, 11) is 0. The molecule has 2 heteroatoms. The van der Waals surface area contributed by atoms with Gasteiger partial charge in [-0.1, -0.05) is 13.8 Å². The maximum atomic E-state index is 3.53. The van der Waals surface area contributed by atoms with Crippen molar-refractivity contribution in [2.45, 2.75) is 39.7 Å². The first-order valence-electron chi connectivity index (χ1n) is 4.74. The quantitative estimate of drug-likeness (QED) is 0.555. The molecule has 2 unspecified atom stereocenters. The van der Waals surface area contributed by atoms with Crippen LogP contribution in [0.3, 0.4) is 0 Å². The van der Waals surface area contributed by atoms with Gasteiger partial charge in [-0.3, -0.25) is 0 Å². The van der Waals surface area contributed by atoms with E-state index in [9.17, 15) is 0 Å². The molecule has 0 aromatic carbocycles. The van der Waals surface area contributed by atoms with Crippen LogP contribution >= 0.6 is 12.6 Å². The lowest BCUT2D eigenvalue weighted by molar-refractivity contribution is 0.411. The van der Waals surface area contributed by atoms with E-state index >= 15 is 0 Å². The molecule has 1 spiro atoms. The first kappa shape index (κ1) is 10.4. The fraction of sp³-hybridized carbons (Fsp3) is 1.00. The summed E-state index contributed by atoms with van der Waals surface area (Å²) in [5.41, 5.74) is 1.34. The van der Waals surface area contributed by atoms with E-state index in [1.165, 1.54) is 19.4 Å². The summed E-state index contributed by atoms with van der Waals surface area (Å²) in [5, 5.41) is 3.53. The second kappa shape index (κ2) is 3.22. The summed E-state index contributed by atoms with van der Waals surface area (Å²) in [5.74, 6) is 0. The molecular weight excluding hydrogens is 166 g/mol. The molecule has 12 heavy (non-hydrogen) atoms. The van der Waals surface area contributed by atoms with Crippen molar-refractivity contribution in [2.75, 3.05) is 12.8 Å². The summed E-state index contributed by atoms with van der Waals surface area (Å²) < 4.78 is 0. The van der Waals surface area contributed by atoms with Gasteiger partial charge in [0.1, 0.15) is 0 Å². The predicted octanol–water partition coefficient (Wildman–Crippen LogP) is 2.33. The van der Waals surface area contributed by atoms with Gasteiger partial charge in [0.05, 0.1) is 0 Å². The van der Waals surface area contributed by atoms with Crippen LogP contribution < -0.4 is 5.32 Å². The van der Waals surface area contributed by atoms with Crippen molar-refractivity contribution in [1.29, 1.82) is 0 Å². The second-order valence-electron chi connectivity index (χ2n) is 4.83. The minimum atomic E-state index is 0.644. The Morgan fingerprint density at radius 1 is 1.33 bits per heavy atom. The number of hydrogen-bond acceptors (Lipinski definition) is 2. The minimum Gasteiger partial charge on any atom is -0.314 e. The molecule has 1 saturated carbocycles. The number of rotatable bonds is 0. The monoisotopic (exact) mass is 187 g/mol. The average molecular weight is 187 g/mol. The third kappa shape index (κ3) is 1.51. The Labute approximate surface area is 81.7 Å². The van der Waals surface area contributed by atoms with Crippen LogP contribution in [0.5, 0.6) is 0 Å². The van der Waals surface area contributed by atoms with Crippen LogP contribution in [0.4, 0.5) is 0 Å². The minimum absolute atomic E-state index is 0.644. The number of thiol groups is 1. The Balaban J connectivity index is 0.000000336. The molecule has 0 aromatic rings. The molecule has 2 aliphatic rings. The maximum absolute atomic E-state index is 3.53. The Hall–Kier alpha value is 0.310. The lowest BCUT2D eigenvalue weighted by Gasteiger charge is -2.10. The van der Waals surface area contributed by atoms with Crippen LogP contribution in [-0.4, -0.2) is 18.8 Å². The van der Waals surface area contributed by atoms with Crippen molar-refractivity contribution in [3.8, 4) is 0 Å². The molecule has 1 aliphatic heterocycles. The average Bonchev–Trinajstić information content (AvgIpc) is 2.38. The van der Waals surface area contributed by atoms with Crippen molar-refractivity contribution >= 4 is 12.6 Å². The molecule has 2 atom stereocenters. The van der Waals surface area contributed by atoms with E-state index in [0.717, 1.165) is 6.04 Å². The summed E-state index contributed by atoms with van der Waals surface area (Å²) in [6, 6.07) is 0.766. The predicted molar refractivity (Wildman–Crippen MR) is 57.8 cm³/mol. The fourth-order valence-corrected chi connectivity index (χ4v) is 2.55. The number of hydrogen-bond donors (Lipinski definition) is 2. The van der Waals surface area contributed by atoms with Crippen molar-refractivity contribution < 1.29 is 0 Å². The molecule has 1 nitrogen and oxygen atoms in total. The molecule has 1 heterocycles. The third-order valence-electron chi connectivity index (χ3n) is 3.58. The summed E-state index contributed by atoms with van der Waals surface area (Å²) in [6.07, 6.45) is 4.54. The highest BCUT2D eigenvalue weighted by Crippen LogP contribution is 2.67. The molecule has 2 fully saturated rings. The molecular formula is C10H21NS. The largest absolute Gasteiger partial charge is 0.314 e. The molecule has 0 amide bonds. The van der Waals surface area contributed by atoms with Gasteiger partial charge in [0, 0.05) is 12.6 Å². The van der Waals surface area contributed by atoms with Gasteiger partial charge in [-0.25, -0.2) is 0 Å². The van der Waals surface area contributed by atoms with Gasteiger partial charge in [-0.15, -0.1) is 0 Å². The van der Waals surface area contributed by atoms with Crippen LogP contribution in [0.2, 0.25) is 0 Å². The molecule has 2 rings (SSSR count). The topological polar surface area (TPSA) is 12.0 Å². The Morgan fingerprint density at radius 3 is 2.00 bits per heavy atom. The van der Waals surface area contributed by atoms with Gasteiger partial charge >= 0.3 is 0 Å². The molecule has 1 N–H and O–H groups in total. The van der Waals surface area contributed by atoms with E-state index in [0.29, 0.717) is 10.8 Å². The highest BCUT2D eigenvalue weighted by Gasteiger charge is 2.62. The van der Waals surface area contributed by atoms with Crippen molar-refractivity contribution in [3.05, 3.63) is 0 Å². The molecule has 0 aromatic heterocycles. The van der Waals surface area contributed by atoms with Crippen LogP contribution in [0.15, 0.2) is 0 Å². The van der Waals surface area contributed by atoms with E-state index in [-0.39, 0.29) is 0 Å². The molecule has 0 bridgehead atoms. The Morgan fingerprint density at radius 2 is 1.83 bits per heavy atom. The van der Waals surface area contributed by atoms with E-state index in [4.69, 9.17) is 0 Å². The van der Waals surface area contributed by atoms with E-state index in [2.05, 4.69) is 38.7 Å². The smallest absolute Gasteiger partial charge is 0.00449 e. The lowest BCUT2D eigenvalue weighted by Crippen LogP contribution is -2.17. The normalized spacial score (nSPS) is 42.2. The van der Waals surface area contributed by atoms with Crippen molar-refractivity contribution in [3.63, 3.8) is 0 Å². The third-order valence-corrected chi connectivity index (χ3v) is 3.58. The van der Waals surface area contributed by atoms with E-state index in [1.54, 1.807) is 6.26 Å². The van der Waals surface area contributed by atoms with Crippen molar-refractivity contribution in [2.24, 2.45) is 10.8 Å². The van der Waals surface area contributed by atoms with Gasteiger partial charge in [-0.05, 0) is 36.9 Å². The molecule has 72 valence electrons. The van der Waals surface area contributed by atoms with Crippen LogP contribution in [0.25, 0.3) is 0 Å². The van der Waals surface area contributed by atoms with Crippen molar-refractivity contribution in [1.82, 2.24) is 5.32 Å². The molecule has 1 aliphatic carbocycles. The SMILES string of the molecule is CC1CC2(CN1)CC2(C)C.CS. The Kier molecular flexibility index (Phi) is 2.79. The van der Waals surface area contributed by atoms with Gasteiger partial charge in [-0.2, -0.15) is 12.6 Å². The first-order chi connectivity index (χ1) is 5.56. The Bertz CT molecular complexity index is 167. The zero-order chi connectivity index (χ0) is 9.41. The fourth-order valence-electron chi connectivity index (χ4n) is 2.55. The maximum Gasteiger partial charge on any atom is 0.00449 e. The standard InChI is InChI=1S/C9H17N.CH4S/c1-7-4-9(6-10-7)5-8(9,2)3;1-2/h7,10H,4-6H2,1-3H3;2H,1H3. The highest BCUT2D eigenvalue weighted by molar-refractivity contribution is 7.79. The van der Waals surface area contributed by atoms with Gasteiger partial charge in [0.2, 0.25) is 0 Å². The zero-order valence-corrected chi connectivity index (χ0v) is 9.54. The summed E-state index contributed by atoms with van der Waals surface area (Å²) in [6.45, 7) is 8.35. The van der Waals surface area contributed by atoms with E-state index in [1.807, 2.05) is 0 Å². The second-order valence-corrected chi connectivity index (χ2v) is 4.83. The zero-order valence-electron chi connectivity index (χ0n) is 8.65. The number of nitrogens with one attached hydrogen (secondary N) is 1. The van der Waals surface area contributed by atoms with Crippen LogP contribution in [-0.2, 0) is 0 Å². The van der Waals surface area contributed by atoms with Gasteiger partial charge in [0.15, 0.2) is 0 Å². The van der Waals surface area contributed by atoms with Crippen LogP contribution in [0, 0.1) is 10.8 Å². The van der Waals surface area contributed by atoms with Crippen LogP contribution in [0.1, 0.15) is 33.6 Å². The molecule has 1 saturated heterocycles. The summed E-state index contributed by atoms with van der Waals surface area (Å²) in [4.78, 5) is 0. The highest BCUT2D eigenvalue weighted by atomic mass is 32.1. The summed E-state index contributed by atoms with van der Waals surface area (Å²) >= 11 is 3.53. The van der Waals surface area contributed by atoms with Gasteiger partial charge < -0.3 is 5.32 Å².